The third-order valence-electron chi connectivity index (χ3n) is 4.89. The number of nitrogens with zero attached hydrogens (tertiary/aromatic N) is 2. The van der Waals surface area contributed by atoms with Gasteiger partial charge >= 0.3 is 0 Å². The summed E-state index contributed by atoms with van der Waals surface area (Å²) in [5.74, 6) is 0.817. The van der Waals surface area contributed by atoms with Crippen LogP contribution >= 0.6 is 0 Å². The zero-order valence-corrected chi connectivity index (χ0v) is 16.7. The van der Waals surface area contributed by atoms with Crippen molar-refractivity contribution in [2.24, 2.45) is 0 Å². The van der Waals surface area contributed by atoms with Crippen molar-refractivity contribution in [1.29, 1.82) is 0 Å². The fourth-order valence-corrected chi connectivity index (χ4v) is 3.26. The summed E-state index contributed by atoms with van der Waals surface area (Å²) in [5.41, 5.74) is 3.69. The first-order chi connectivity index (χ1) is 14.5. The summed E-state index contributed by atoms with van der Waals surface area (Å²) in [7, 11) is 0. The molecule has 0 aliphatic carbocycles. The summed E-state index contributed by atoms with van der Waals surface area (Å²) in [6, 6.07) is 14.8. The van der Waals surface area contributed by atoms with Crippen LogP contribution in [-0.2, 0) is 16.1 Å². The minimum absolute atomic E-state index is 0.0398. The summed E-state index contributed by atoms with van der Waals surface area (Å²) in [5, 5.41) is 6.79. The van der Waals surface area contributed by atoms with E-state index in [4.69, 9.17) is 9.26 Å². The first-order valence-corrected chi connectivity index (χ1v) is 9.54. The Bertz CT molecular complexity index is 1100. The Labute approximate surface area is 173 Å². The standard InChI is InChI=1S/C23H21N3O4/c1-15-19(16(2)30-25-15)13-26-20-12-18(9-10-21(20)29-14-23(26)28)24-22(27)11-8-17-6-4-3-5-7-17/h3-12H,13-14H2,1-2H3,(H,24,27)/b11-8+. The van der Waals surface area contributed by atoms with E-state index in [1.54, 1.807) is 29.2 Å². The largest absolute Gasteiger partial charge is 0.482 e. The summed E-state index contributed by atoms with van der Waals surface area (Å²) < 4.78 is 10.8. The zero-order chi connectivity index (χ0) is 21.1. The van der Waals surface area contributed by atoms with Gasteiger partial charge in [-0.1, -0.05) is 35.5 Å². The van der Waals surface area contributed by atoms with Gasteiger partial charge in [0.25, 0.3) is 5.91 Å². The van der Waals surface area contributed by atoms with Gasteiger partial charge in [-0.3, -0.25) is 9.59 Å². The number of aromatic nitrogens is 1. The van der Waals surface area contributed by atoms with E-state index in [1.807, 2.05) is 44.2 Å². The van der Waals surface area contributed by atoms with E-state index in [9.17, 15) is 9.59 Å². The fourth-order valence-electron chi connectivity index (χ4n) is 3.26. The smallest absolute Gasteiger partial charge is 0.265 e. The number of hydrogen-bond acceptors (Lipinski definition) is 5. The Hall–Kier alpha value is -3.87. The maximum Gasteiger partial charge on any atom is 0.265 e. The molecule has 152 valence electrons. The molecule has 0 radical (unpaired) electrons. The molecule has 0 spiro atoms. The van der Waals surface area contributed by atoms with Crippen LogP contribution < -0.4 is 15.0 Å². The molecule has 1 N–H and O–H groups in total. The van der Waals surface area contributed by atoms with Crippen LogP contribution in [0.25, 0.3) is 6.08 Å². The molecule has 7 nitrogen and oxygen atoms in total. The summed E-state index contributed by atoms with van der Waals surface area (Å²) in [6.07, 6.45) is 3.21. The molecular formula is C23H21N3O4. The lowest BCUT2D eigenvalue weighted by molar-refractivity contribution is -0.121. The highest BCUT2D eigenvalue weighted by atomic mass is 16.5. The lowest BCUT2D eigenvalue weighted by Gasteiger charge is -2.29. The quantitative estimate of drug-likeness (QED) is 0.654. The minimum Gasteiger partial charge on any atom is -0.482 e. The first-order valence-electron chi connectivity index (χ1n) is 9.54. The van der Waals surface area contributed by atoms with Crippen LogP contribution in [0.3, 0.4) is 0 Å². The van der Waals surface area contributed by atoms with E-state index in [0.717, 1.165) is 16.8 Å². The number of anilines is 2. The molecule has 2 heterocycles. The number of hydrogen-bond donors (Lipinski definition) is 1. The number of fused-ring (bicyclic) bond motifs is 1. The first kappa shape index (κ1) is 19.4. The van der Waals surface area contributed by atoms with Crippen molar-refractivity contribution in [1.82, 2.24) is 5.16 Å². The molecular weight excluding hydrogens is 382 g/mol. The predicted octanol–water partition coefficient (Wildman–Crippen LogP) is 3.87. The second kappa shape index (κ2) is 8.24. The molecule has 3 aromatic rings. The molecule has 0 unspecified atom stereocenters. The van der Waals surface area contributed by atoms with Crippen LogP contribution in [0.15, 0.2) is 59.1 Å². The molecule has 0 saturated carbocycles. The molecule has 0 atom stereocenters. The molecule has 7 heteroatoms. The van der Waals surface area contributed by atoms with Crippen molar-refractivity contribution >= 4 is 29.3 Å². The van der Waals surface area contributed by atoms with E-state index in [1.165, 1.54) is 6.08 Å². The van der Waals surface area contributed by atoms with Crippen molar-refractivity contribution in [2.75, 3.05) is 16.8 Å². The minimum atomic E-state index is -0.265. The van der Waals surface area contributed by atoms with Gasteiger partial charge in [0.1, 0.15) is 11.5 Å². The molecule has 2 aromatic carbocycles. The predicted molar refractivity (Wildman–Crippen MR) is 113 cm³/mol. The Kier molecular flexibility index (Phi) is 5.34. The van der Waals surface area contributed by atoms with Crippen LogP contribution in [0, 0.1) is 13.8 Å². The van der Waals surface area contributed by atoms with Gasteiger partial charge in [0, 0.05) is 17.3 Å². The van der Waals surface area contributed by atoms with Gasteiger partial charge in [-0.25, -0.2) is 0 Å². The molecule has 0 fully saturated rings. The number of amides is 2. The van der Waals surface area contributed by atoms with Crippen LogP contribution in [0.1, 0.15) is 22.6 Å². The highest BCUT2D eigenvalue weighted by molar-refractivity contribution is 6.03. The number of rotatable bonds is 5. The van der Waals surface area contributed by atoms with Gasteiger partial charge < -0.3 is 19.5 Å². The second-order valence-electron chi connectivity index (χ2n) is 6.99. The van der Waals surface area contributed by atoms with Crippen molar-refractivity contribution in [2.45, 2.75) is 20.4 Å². The normalized spacial score (nSPS) is 13.3. The lowest BCUT2D eigenvalue weighted by atomic mass is 10.1. The second-order valence-corrected chi connectivity index (χ2v) is 6.99. The molecule has 30 heavy (non-hydrogen) atoms. The summed E-state index contributed by atoms with van der Waals surface area (Å²) in [6.45, 7) is 3.94. The van der Waals surface area contributed by atoms with E-state index >= 15 is 0 Å². The molecule has 1 aliphatic heterocycles. The van der Waals surface area contributed by atoms with E-state index in [-0.39, 0.29) is 18.4 Å². The zero-order valence-electron chi connectivity index (χ0n) is 16.7. The average Bonchev–Trinajstić information content (AvgIpc) is 3.07. The summed E-state index contributed by atoms with van der Waals surface area (Å²) in [4.78, 5) is 26.5. The Balaban J connectivity index is 1.55. The van der Waals surface area contributed by atoms with Gasteiger partial charge in [0.05, 0.1) is 17.9 Å². The molecule has 1 aliphatic rings. The van der Waals surface area contributed by atoms with Gasteiger partial charge in [0.2, 0.25) is 5.91 Å². The summed E-state index contributed by atoms with van der Waals surface area (Å²) >= 11 is 0. The average molecular weight is 403 g/mol. The van der Waals surface area contributed by atoms with Gasteiger partial charge in [-0.05, 0) is 43.7 Å². The number of ether oxygens (including phenoxy) is 1. The number of nitrogens with one attached hydrogen (secondary N) is 1. The van der Waals surface area contributed by atoms with E-state index in [0.29, 0.717) is 29.4 Å². The third kappa shape index (κ3) is 4.10. The molecule has 0 saturated heterocycles. The van der Waals surface area contributed by atoms with Crippen LogP contribution in [-0.4, -0.2) is 23.6 Å². The highest BCUT2D eigenvalue weighted by Crippen LogP contribution is 2.36. The van der Waals surface area contributed by atoms with Gasteiger partial charge in [-0.15, -0.1) is 0 Å². The van der Waals surface area contributed by atoms with Crippen LogP contribution in [0.4, 0.5) is 11.4 Å². The van der Waals surface area contributed by atoms with E-state index in [2.05, 4.69) is 10.5 Å². The molecule has 4 rings (SSSR count). The van der Waals surface area contributed by atoms with Crippen LogP contribution in [0.2, 0.25) is 0 Å². The maximum atomic E-state index is 12.6. The van der Waals surface area contributed by atoms with E-state index < -0.39 is 0 Å². The third-order valence-corrected chi connectivity index (χ3v) is 4.89. The number of aryl methyl sites for hydroxylation is 2. The topological polar surface area (TPSA) is 84.7 Å². The highest BCUT2D eigenvalue weighted by Gasteiger charge is 2.28. The maximum absolute atomic E-state index is 12.6. The molecule has 1 aromatic heterocycles. The van der Waals surface area contributed by atoms with Crippen molar-refractivity contribution in [3.05, 3.63) is 77.2 Å². The SMILES string of the molecule is Cc1noc(C)c1CN1C(=O)COc2ccc(NC(=O)/C=C/c3ccccc3)cc21. The molecule has 2 amide bonds. The fraction of sp³-hybridized carbons (Fsp3) is 0.174. The van der Waals surface area contributed by atoms with Crippen molar-refractivity contribution in [3.63, 3.8) is 0 Å². The van der Waals surface area contributed by atoms with Crippen molar-refractivity contribution < 1.29 is 18.8 Å². The van der Waals surface area contributed by atoms with Gasteiger partial charge in [-0.2, -0.15) is 0 Å². The van der Waals surface area contributed by atoms with Gasteiger partial charge in [0.15, 0.2) is 6.61 Å². The Morgan fingerprint density at radius 2 is 2.00 bits per heavy atom. The Morgan fingerprint density at radius 3 is 2.73 bits per heavy atom. The number of benzene rings is 2. The molecule has 0 bridgehead atoms. The Morgan fingerprint density at radius 1 is 1.20 bits per heavy atom. The number of carbonyl (C=O) groups excluding carboxylic acids is 2. The van der Waals surface area contributed by atoms with Crippen molar-refractivity contribution in [3.8, 4) is 5.75 Å². The van der Waals surface area contributed by atoms with Crippen LogP contribution in [0.5, 0.6) is 5.75 Å². The lowest BCUT2D eigenvalue weighted by Crippen LogP contribution is -2.38. The number of carbonyl (C=O) groups is 2. The monoisotopic (exact) mass is 403 g/mol.